The van der Waals surface area contributed by atoms with Gasteiger partial charge in [0.2, 0.25) is 0 Å². The molecule has 0 aromatic heterocycles. The number of amides is 2. The molecular formula is C20H23N3O4. The fourth-order valence-electron chi connectivity index (χ4n) is 2.07. The van der Waals surface area contributed by atoms with Crippen LogP contribution in [0.2, 0.25) is 0 Å². The van der Waals surface area contributed by atoms with E-state index in [0.717, 1.165) is 5.56 Å². The van der Waals surface area contributed by atoms with Crippen LogP contribution in [0.4, 0.5) is 0 Å². The smallest absolute Gasteiger partial charge is 0.271 e. The molecule has 0 radical (unpaired) electrons. The number of nitrogens with zero attached hydrogens (tertiary/aromatic N) is 2. The standard InChI is InChI=1S/C20H23N3O4/c1-14(21-22-20(25)16-7-9-17(26-4)10-8-16)15-5-11-18(12-6-15)27-13-19(24)23(2)3/h5-12H,13H2,1-4H3,(H,22,25)/b21-14-. The molecule has 2 amide bonds. The van der Waals surface area contributed by atoms with Crippen molar-refractivity contribution in [3.8, 4) is 11.5 Å². The third kappa shape index (κ3) is 5.85. The zero-order valence-corrected chi connectivity index (χ0v) is 15.9. The Morgan fingerprint density at radius 1 is 0.963 bits per heavy atom. The van der Waals surface area contributed by atoms with Crippen LogP contribution >= 0.6 is 0 Å². The van der Waals surface area contributed by atoms with Crippen LogP contribution in [0.15, 0.2) is 53.6 Å². The lowest BCUT2D eigenvalue weighted by Crippen LogP contribution is -2.27. The minimum absolute atomic E-state index is 0.0165. The summed E-state index contributed by atoms with van der Waals surface area (Å²) in [5.74, 6) is 0.849. The summed E-state index contributed by atoms with van der Waals surface area (Å²) < 4.78 is 10.5. The van der Waals surface area contributed by atoms with Gasteiger partial charge in [-0.15, -0.1) is 0 Å². The predicted octanol–water partition coefficient (Wildman–Crippen LogP) is 2.32. The summed E-state index contributed by atoms with van der Waals surface area (Å²) in [7, 11) is 4.92. The van der Waals surface area contributed by atoms with Crippen molar-refractivity contribution >= 4 is 17.5 Å². The Balaban J connectivity index is 1.94. The first-order valence-corrected chi connectivity index (χ1v) is 8.32. The van der Waals surface area contributed by atoms with Gasteiger partial charge in [0, 0.05) is 19.7 Å². The Morgan fingerprint density at radius 2 is 1.52 bits per heavy atom. The highest BCUT2D eigenvalue weighted by molar-refractivity contribution is 6.00. The van der Waals surface area contributed by atoms with Crippen LogP contribution in [0.25, 0.3) is 0 Å². The van der Waals surface area contributed by atoms with E-state index in [0.29, 0.717) is 22.8 Å². The van der Waals surface area contributed by atoms with Gasteiger partial charge in [0.05, 0.1) is 12.8 Å². The van der Waals surface area contributed by atoms with Crippen molar-refractivity contribution in [3.63, 3.8) is 0 Å². The molecule has 0 atom stereocenters. The van der Waals surface area contributed by atoms with Gasteiger partial charge in [-0.2, -0.15) is 5.10 Å². The van der Waals surface area contributed by atoms with Crippen molar-refractivity contribution < 1.29 is 19.1 Å². The van der Waals surface area contributed by atoms with Gasteiger partial charge in [0.15, 0.2) is 6.61 Å². The van der Waals surface area contributed by atoms with Gasteiger partial charge in [0.1, 0.15) is 11.5 Å². The number of rotatable bonds is 7. The summed E-state index contributed by atoms with van der Waals surface area (Å²) in [6.07, 6.45) is 0. The summed E-state index contributed by atoms with van der Waals surface area (Å²) in [6.45, 7) is 1.77. The molecule has 0 spiro atoms. The summed E-state index contributed by atoms with van der Waals surface area (Å²) in [6, 6.07) is 13.9. The topological polar surface area (TPSA) is 80.2 Å². The number of methoxy groups -OCH3 is 1. The molecule has 1 N–H and O–H groups in total. The van der Waals surface area contributed by atoms with Crippen LogP contribution in [0, 0.1) is 0 Å². The van der Waals surface area contributed by atoms with Crippen molar-refractivity contribution in [2.45, 2.75) is 6.92 Å². The normalized spacial score (nSPS) is 10.9. The first-order chi connectivity index (χ1) is 12.9. The van der Waals surface area contributed by atoms with E-state index in [1.807, 2.05) is 12.1 Å². The Morgan fingerprint density at radius 3 is 2.07 bits per heavy atom. The van der Waals surface area contributed by atoms with Gasteiger partial charge in [0.25, 0.3) is 11.8 Å². The van der Waals surface area contributed by atoms with Gasteiger partial charge in [-0.05, 0) is 61.0 Å². The van der Waals surface area contributed by atoms with Crippen LogP contribution < -0.4 is 14.9 Å². The molecule has 0 heterocycles. The third-order valence-electron chi connectivity index (χ3n) is 3.81. The number of benzene rings is 2. The molecule has 7 heteroatoms. The molecule has 0 bridgehead atoms. The van der Waals surface area contributed by atoms with Crippen molar-refractivity contribution in [2.24, 2.45) is 5.10 Å². The minimum Gasteiger partial charge on any atom is -0.497 e. The molecule has 2 rings (SSSR count). The molecule has 0 fully saturated rings. The number of hydrazone groups is 1. The van der Waals surface area contributed by atoms with Crippen LogP contribution in [-0.2, 0) is 4.79 Å². The minimum atomic E-state index is -0.306. The van der Waals surface area contributed by atoms with E-state index in [1.54, 1.807) is 64.5 Å². The first kappa shape index (κ1) is 20.0. The highest BCUT2D eigenvalue weighted by Crippen LogP contribution is 2.13. The molecule has 0 aliphatic heterocycles. The second-order valence-corrected chi connectivity index (χ2v) is 5.97. The van der Waals surface area contributed by atoms with Gasteiger partial charge in [-0.1, -0.05) is 0 Å². The summed E-state index contributed by atoms with van der Waals surface area (Å²) >= 11 is 0. The monoisotopic (exact) mass is 369 g/mol. The quantitative estimate of drug-likeness (QED) is 0.600. The van der Waals surface area contributed by atoms with Gasteiger partial charge < -0.3 is 14.4 Å². The number of likely N-dealkylation sites (N-methyl/N-ethyl adjacent to an activating group) is 1. The molecule has 0 aliphatic carbocycles. The third-order valence-corrected chi connectivity index (χ3v) is 3.81. The lowest BCUT2D eigenvalue weighted by atomic mass is 10.1. The van der Waals surface area contributed by atoms with Crippen LogP contribution in [0.3, 0.4) is 0 Å². The highest BCUT2D eigenvalue weighted by Gasteiger charge is 2.07. The van der Waals surface area contributed by atoms with E-state index in [-0.39, 0.29) is 18.4 Å². The van der Waals surface area contributed by atoms with Crippen molar-refractivity contribution in [2.75, 3.05) is 27.8 Å². The molecular weight excluding hydrogens is 346 g/mol. The first-order valence-electron chi connectivity index (χ1n) is 8.32. The van der Waals surface area contributed by atoms with Crippen LogP contribution in [0.1, 0.15) is 22.8 Å². The molecule has 0 saturated carbocycles. The fourth-order valence-corrected chi connectivity index (χ4v) is 2.07. The number of nitrogens with one attached hydrogen (secondary N) is 1. The molecule has 0 saturated heterocycles. The van der Waals surface area contributed by atoms with Crippen LogP contribution in [0.5, 0.6) is 11.5 Å². The number of carbonyl (C=O) groups excluding carboxylic acids is 2. The second kappa shape index (κ2) is 9.38. The fraction of sp³-hybridized carbons (Fsp3) is 0.250. The summed E-state index contributed by atoms with van der Waals surface area (Å²) in [4.78, 5) is 25.1. The van der Waals surface area contributed by atoms with E-state index in [4.69, 9.17) is 9.47 Å². The number of ether oxygens (including phenoxy) is 2. The number of carbonyl (C=O) groups is 2. The molecule has 142 valence electrons. The summed E-state index contributed by atoms with van der Waals surface area (Å²) in [5.41, 5.74) is 4.49. The van der Waals surface area contributed by atoms with Gasteiger partial charge >= 0.3 is 0 Å². The van der Waals surface area contributed by atoms with E-state index >= 15 is 0 Å². The SMILES string of the molecule is COc1ccc(C(=O)N/N=C(/C)c2ccc(OCC(=O)N(C)C)cc2)cc1. The van der Waals surface area contributed by atoms with Crippen molar-refractivity contribution in [1.82, 2.24) is 10.3 Å². The van der Waals surface area contributed by atoms with Gasteiger partial charge in [-0.3, -0.25) is 9.59 Å². The largest absolute Gasteiger partial charge is 0.497 e. The maximum absolute atomic E-state index is 12.1. The number of hydrogen-bond donors (Lipinski definition) is 1. The predicted molar refractivity (Wildman–Crippen MR) is 103 cm³/mol. The van der Waals surface area contributed by atoms with Crippen molar-refractivity contribution in [1.29, 1.82) is 0 Å². The molecule has 0 aliphatic rings. The number of hydrogen-bond acceptors (Lipinski definition) is 5. The highest BCUT2D eigenvalue weighted by atomic mass is 16.5. The molecule has 2 aromatic rings. The Kier molecular flexibility index (Phi) is 6.93. The zero-order chi connectivity index (χ0) is 19.8. The molecule has 0 unspecified atom stereocenters. The van der Waals surface area contributed by atoms with E-state index in [2.05, 4.69) is 10.5 Å². The maximum atomic E-state index is 12.1. The van der Waals surface area contributed by atoms with E-state index in [1.165, 1.54) is 4.90 Å². The average molecular weight is 369 g/mol. The molecule has 2 aromatic carbocycles. The maximum Gasteiger partial charge on any atom is 0.271 e. The Bertz CT molecular complexity index is 812. The van der Waals surface area contributed by atoms with Crippen LogP contribution in [-0.4, -0.2) is 50.2 Å². The Labute approximate surface area is 158 Å². The molecule has 7 nitrogen and oxygen atoms in total. The Hall–Kier alpha value is -3.35. The molecule has 27 heavy (non-hydrogen) atoms. The van der Waals surface area contributed by atoms with Gasteiger partial charge in [-0.25, -0.2) is 5.43 Å². The van der Waals surface area contributed by atoms with Crippen molar-refractivity contribution in [3.05, 3.63) is 59.7 Å². The summed E-state index contributed by atoms with van der Waals surface area (Å²) in [5, 5.41) is 4.12. The average Bonchev–Trinajstić information content (AvgIpc) is 2.70. The lowest BCUT2D eigenvalue weighted by Gasteiger charge is -2.11. The second-order valence-electron chi connectivity index (χ2n) is 5.97. The van der Waals surface area contributed by atoms with E-state index < -0.39 is 0 Å². The lowest BCUT2D eigenvalue weighted by molar-refractivity contribution is -0.130. The zero-order valence-electron chi connectivity index (χ0n) is 15.9. The van der Waals surface area contributed by atoms with E-state index in [9.17, 15) is 9.59 Å².